The van der Waals surface area contributed by atoms with E-state index in [-0.39, 0.29) is 5.91 Å². The van der Waals surface area contributed by atoms with E-state index in [0.29, 0.717) is 34.0 Å². The number of hydrogen-bond acceptors (Lipinski definition) is 5. The van der Waals surface area contributed by atoms with Crippen molar-refractivity contribution in [3.8, 4) is 11.4 Å². The Morgan fingerprint density at radius 1 is 1.15 bits per heavy atom. The number of amides is 1. The van der Waals surface area contributed by atoms with E-state index >= 15 is 0 Å². The molecule has 176 valence electrons. The van der Waals surface area contributed by atoms with Crippen molar-refractivity contribution in [3.63, 3.8) is 0 Å². The van der Waals surface area contributed by atoms with Crippen LogP contribution in [0.5, 0.6) is 0 Å². The number of aryl methyl sites for hydroxylation is 2. The fourth-order valence-corrected chi connectivity index (χ4v) is 4.33. The maximum absolute atomic E-state index is 13.6. The first-order valence-electron chi connectivity index (χ1n) is 11.3. The summed E-state index contributed by atoms with van der Waals surface area (Å²) in [5, 5.41) is 8.75. The molecule has 8 heteroatoms. The maximum atomic E-state index is 13.6. The van der Waals surface area contributed by atoms with Crippen LogP contribution >= 0.6 is 11.6 Å². The van der Waals surface area contributed by atoms with Crippen molar-refractivity contribution >= 4 is 28.4 Å². The Morgan fingerprint density at radius 2 is 1.94 bits per heavy atom. The molecule has 0 unspecified atom stereocenters. The van der Waals surface area contributed by atoms with E-state index in [1.165, 1.54) is 0 Å². The molecule has 0 fully saturated rings. The Balaban J connectivity index is 1.78. The quantitative estimate of drug-likeness (QED) is 0.415. The molecule has 4 aromatic rings. The summed E-state index contributed by atoms with van der Waals surface area (Å²) in [5.41, 5.74) is 6.18. The number of aromatic nitrogens is 4. The van der Waals surface area contributed by atoms with Gasteiger partial charge in [-0.1, -0.05) is 23.2 Å². The van der Waals surface area contributed by atoms with Crippen molar-refractivity contribution in [1.29, 1.82) is 0 Å². The van der Waals surface area contributed by atoms with Gasteiger partial charge in [0.2, 0.25) is 0 Å². The topological polar surface area (TPSA) is 75.9 Å². The summed E-state index contributed by atoms with van der Waals surface area (Å²) in [6.07, 6.45) is 1.82. The molecule has 2 aromatic carbocycles. The fourth-order valence-electron chi connectivity index (χ4n) is 4.16. The first kappa shape index (κ1) is 23.9. The molecule has 0 saturated carbocycles. The molecule has 0 aliphatic rings. The van der Waals surface area contributed by atoms with E-state index < -0.39 is 0 Å². The van der Waals surface area contributed by atoms with Crippen molar-refractivity contribution in [2.45, 2.75) is 40.4 Å². The zero-order chi connectivity index (χ0) is 24.4. The van der Waals surface area contributed by atoms with Crippen LogP contribution in [0.2, 0.25) is 5.02 Å². The molecule has 0 aliphatic carbocycles. The van der Waals surface area contributed by atoms with Gasteiger partial charge in [0.15, 0.2) is 5.82 Å². The first-order valence-corrected chi connectivity index (χ1v) is 11.7. The van der Waals surface area contributed by atoms with Gasteiger partial charge in [-0.05, 0) is 63.7 Å². The molecule has 7 nitrogen and oxygen atoms in total. The molecule has 1 N–H and O–H groups in total. The average Bonchev–Trinajstić information content (AvgIpc) is 3.16. The van der Waals surface area contributed by atoms with Crippen LogP contribution in [0.4, 0.5) is 0 Å². The summed E-state index contributed by atoms with van der Waals surface area (Å²) >= 11 is 6.28. The van der Waals surface area contributed by atoms with Crippen molar-refractivity contribution in [3.05, 3.63) is 75.7 Å². The van der Waals surface area contributed by atoms with Gasteiger partial charge in [-0.2, -0.15) is 5.10 Å². The molecule has 0 aliphatic heterocycles. The van der Waals surface area contributed by atoms with E-state index in [1.807, 2.05) is 50.8 Å². The highest BCUT2D eigenvalue weighted by atomic mass is 35.5. The third kappa shape index (κ3) is 4.81. The Hall–Kier alpha value is -3.29. The van der Waals surface area contributed by atoms with Gasteiger partial charge in [-0.15, -0.1) is 0 Å². The molecule has 0 bridgehead atoms. The highest BCUT2D eigenvalue weighted by Gasteiger charge is 2.21. The first-order chi connectivity index (χ1) is 16.3. The lowest BCUT2D eigenvalue weighted by Crippen LogP contribution is -2.27. The van der Waals surface area contributed by atoms with Gasteiger partial charge in [0.25, 0.3) is 5.91 Å². The lowest BCUT2D eigenvalue weighted by Gasteiger charge is -2.18. The largest absolute Gasteiger partial charge is 0.336 e. The van der Waals surface area contributed by atoms with E-state index in [9.17, 15) is 4.79 Å². The summed E-state index contributed by atoms with van der Waals surface area (Å²) in [6, 6.07) is 11.6. The van der Waals surface area contributed by atoms with Crippen LogP contribution < -0.4 is 5.32 Å². The number of benzene rings is 2. The number of carbonyl (C=O) groups is 1. The van der Waals surface area contributed by atoms with Crippen LogP contribution in [-0.2, 0) is 19.6 Å². The van der Waals surface area contributed by atoms with Crippen LogP contribution in [-0.4, -0.2) is 44.7 Å². The summed E-state index contributed by atoms with van der Waals surface area (Å²) in [5.74, 6) is 0.324. The van der Waals surface area contributed by atoms with E-state index in [4.69, 9.17) is 21.6 Å². The summed E-state index contributed by atoms with van der Waals surface area (Å²) in [6.45, 7) is 8.06. The van der Waals surface area contributed by atoms with Crippen molar-refractivity contribution in [1.82, 2.24) is 30.0 Å². The molecule has 2 heterocycles. The Morgan fingerprint density at radius 3 is 2.65 bits per heavy atom. The van der Waals surface area contributed by atoms with Crippen molar-refractivity contribution in [2.24, 2.45) is 0 Å². The minimum Gasteiger partial charge on any atom is -0.336 e. The van der Waals surface area contributed by atoms with Crippen LogP contribution in [0.15, 0.2) is 42.6 Å². The highest BCUT2D eigenvalue weighted by molar-refractivity contribution is 6.31. The van der Waals surface area contributed by atoms with Crippen molar-refractivity contribution in [2.75, 3.05) is 14.1 Å². The number of fused-ring (bicyclic) bond motifs is 1. The predicted molar refractivity (Wildman–Crippen MR) is 136 cm³/mol. The van der Waals surface area contributed by atoms with E-state index in [1.54, 1.807) is 24.1 Å². The fraction of sp³-hybridized carbons (Fsp3) is 0.308. The van der Waals surface area contributed by atoms with Gasteiger partial charge in [0.1, 0.15) is 5.69 Å². The molecule has 0 radical (unpaired) electrons. The highest BCUT2D eigenvalue weighted by Crippen LogP contribution is 2.27. The number of carbonyl (C=O) groups excluding carboxylic acids is 1. The number of rotatable bonds is 7. The lowest BCUT2D eigenvalue weighted by atomic mass is 10.0. The standard InChI is InChI=1S/C26H29ClN6O/c1-6-33-17(3)20(14-29-33)15-32(5)26(34)24-22-12-21(27)7-8-23(22)30-25(31-24)19-10-16(2)9-18(11-19)13-28-4/h7-12,14,28H,6,13,15H2,1-5H3. The number of nitrogens with zero attached hydrogens (tertiary/aromatic N) is 5. The smallest absolute Gasteiger partial charge is 0.273 e. The zero-order valence-electron chi connectivity index (χ0n) is 20.2. The second-order valence-electron chi connectivity index (χ2n) is 8.53. The van der Waals surface area contributed by atoms with Crippen LogP contribution in [0.1, 0.15) is 39.8 Å². The number of nitrogens with one attached hydrogen (secondary N) is 1. The van der Waals surface area contributed by atoms with Gasteiger partial charge in [0, 0.05) is 53.9 Å². The molecule has 4 rings (SSSR count). The third-order valence-corrected chi connectivity index (χ3v) is 6.13. The van der Waals surface area contributed by atoms with Gasteiger partial charge < -0.3 is 10.2 Å². The second-order valence-corrected chi connectivity index (χ2v) is 8.96. The molecular weight excluding hydrogens is 448 g/mol. The summed E-state index contributed by atoms with van der Waals surface area (Å²) in [7, 11) is 3.69. The van der Waals surface area contributed by atoms with E-state index in [0.717, 1.165) is 41.0 Å². The number of hydrogen-bond donors (Lipinski definition) is 1. The van der Waals surface area contributed by atoms with Crippen LogP contribution in [0, 0.1) is 13.8 Å². The van der Waals surface area contributed by atoms with Gasteiger partial charge in [-0.3, -0.25) is 9.48 Å². The Bertz CT molecular complexity index is 1360. The average molecular weight is 477 g/mol. The zero-order valence-corrected chi connectivity index (χ0v) is 20.9. The van der Waals surface area contributed by atoms with Gasteiger partial charge >= 0.3 is 0 Å². The van der Waals surface area contributed by atoms with Crippen LogP contribution in [0.3, 0.4) is 0 Å². The Labute approximate surface area is 204 Å². The number of halogens is 1. The normalized spacial score (nSPS) is 11.2. The molecular formula is C26H29ClN6O. The summed E-state index contributed by atoms with van der Waals surface area (Å²) < 4.78 is 1.92. The molecule has 0 atom stereocenters. The molecule has 1 amide bonds. The molecule has 34 heavy (non-hydrogen) atoms. The van der Waals surface area contributed by atoms with Crippen molar-refractivity contribution < 1.29 is 4.79 Å². The van der Waals surface area contributed by atoms with E-state index in [2.05, 4.69) is 22.5 Å². The SMILES string of the molecule is CCn1ncc(CN(C)C(=O)c2nc(-c3cc(C)cc(CNC)c3)nc3ccc(Cl)cc23)c1C. The summed E-state index contributed by atoms with van der Waals surface area (Å²) in [4.78, 5) is 24.8. The minimum atomic E-state index is -0.192. The molecule has 0 spiro atoms. The predicted octanol–water partition coefficient (Wildman–Crippen LogP) is 4.78. The minimum absolute atomic E-state index is 0.192. The third-order valence-electron chi connectivity index (χ3n) is 5.90. The lowest BCUT2D eigenvalue weighted by molar-refractivity contribution is 0.0781. The van der Waals surface area contributed by atoms with Gasteiger partial charge in [-0.25, -0.2) is 9.97 Å². The van der Waals surface area contributed by atoms with Gasteiger partial charge in [0.05, 0.1) is 11.7 Å². The maximum Gasteiger partial charge on any atom is 0.273 e. The monoisotopic (exact) mass is 476 g/mol. The molecule has 0 saturated heterocycles. The second kappa shape index (κ2) is 9.91. The Kier molecular flexibility index (Phi) is 6.95. The van der Waals surface area contributed by atoms with Crippen LogP contribution in [0.25, 0.3) is 22.3 Å². The molecule has 2 aromatic heterocycles.